The van der Waals surface area contributed by atoms with Crippen molar-refractivity contribution < 1.29 is 14.3 Å². The number of carbonyl (C=O) groups is 2. The first-order valence-electron chi connectivity index (χ1n) is 9.59. The molecule has 3 aromatic carbocycles. The van der Waals surface area contributed by atoms with Gasteiger partial charge in [0.1, 0.15) is 5.75 Å². The topological polar surface area (TPSA) is 79.8 Å². The summed E-state index contributed by atoms with van der Waals surface area (Å²) in [6.07, 6.45) is 1.50. The number of nitrogens with zero attached hydrogens (tertiary/aromatic N) is 1. The molecular formula is C24H22ClN3O3. The molecule has 0 aliphatic rings. The smallest absolute Gasteiger partial charge is 0.271 e. The van der Waals surface area contributed by atoms with Crippen LogP contribution < -0.4 is 15.5 Å². The molecule has 0 bridgehead atoms. The van der Waals surface area contributed by atoms with E-state index in [-0.39, 0.29) is 18.4 Å². The van der Waals surface area contributed by atoms with Crippen LogP contribution in [0.1, 0.15) is 27.0 Å². The molecule has 0 unspecified atom stereocenters. The maximum absolute atomic E-state index is 12.2. The van der Waals surface area contributed by atoms with Gasteiger partial charge in [0.15, 0.2) is 6.61 Å². The first-order valence-corrected chi connectivity index (χ1v) is 9.97. The largest absolute Gasteiger partial charge is 0.484 e. The lowest BCUT2D eigenvalue weighted by molar-refractivity contribution is -0.118. The molecule has 2 amide bonds. The van der Waals surface area contributed by atoms with Gasteiger partial charge in [-0.25, -0.2) is 5.43 Å². The Balaban J connectivity index is 1.51. The number of aryl methyl sites for hydroxylation is 2. The molecule has 31 heavy (non-hydrogen) atoms. The van der Waals surface area contributed by atoms with Gasteiger partial charge in [-0.1, -0.05) is 29.8 Å². The number of anilines is 1. The third-order valence-electron chi connectivity index (χ3n) is 4.50. The van der Waals surface area contributed by atoms with E-state index in [4.69, 9.17) is 16.3 Å². The molecule has 2 N–H and O–H groups in total. The normalized spacial score (nSPS) is 10.7. The standard InChI is InChI=1S/C24H22ClN3O3/c1-16-6-11-21(12-17(16)2)27-23(29)15-31-22-5-3-4-18(13-22)14-26-28-24(30)19-7-9-20(25)10-8-19/h3-14H,15H2,1-2H3,(H,27,29)(H,28,30)/b26-14+. The van der Waals surface area contributed by atoms with E-state index >= 15 is 0 Å². The Kier molecular flexibility index (Phi) is 7.40. The van der Waals surface area contributed by atoms with E-state index in [0.717, 1.165) is 16.8 Å². The third kappa shape index (κ3) is 6.69. The summed E-state index contributed by atoms with van der Waals surface area (Å²) in [4.78, 5) is 24.2. The Morgan fingerprint density at radius 2 is 1.77 bits per heavy atom. The fourth-order valence-corrected chi connectivity index (χ4v) is 2.81. The first kappa shape index (κ1) is 22.1. The molecule has 158 valence electrons. The Morgan fingerprint density at radius 3 is 2.52 bits per heavy atom. The first-order chi connectivity index (χ1) is 14.9. The molecular weight excluding hydrogens is 414 g/mol. The number of nitrogens with one attached hydrogen (secondary N) is 2. The van der Waals surface area contributed by atoms with E-state index in [9.17, 15) is 9.59 Å². The van der Waals surface area contributed by atoms with E-state index in [0.29, 0.717) is 21.9 Å². The maximum atomic E-state index is 12.2. The zero-order valence-corrected chi connectivity index (χ0v) is 17.9. The van der Waals surface area contributed by atoms with E-state index < -0.39 is 0 Å². The van der Waals surface area contributed by atoms with Crippen molar-refractivity contribution in [3.63, 3.8) is 0 Å². The van der Waals surface area contributed by atoms with E-state index in [1.165, 1.54) is 6.21 Å². The van der Waals surface area contributed by atoms with Crippen molar-refractivity contribution in [1.82, 2.24) is 5.43 Å². The lowest BCUT2D eigenvalue weighted by Crippen LogP contribution is -2.20. The van der Waals surface area contributed by atoms with Crippen LogP contribution in [0.25, 0.3) is 0 Å². The number of hydrogen-bond donors (Lipinski definition) is 2. The van der Waals surface area contributed by atoms with Crippen molar-refractivity contribution in [1.29, 1.82) is 0 Å². The Morgan fingerprint density at radius 1 is 1.00 bits per heavy atom. The van der Waals surface area contributed by atoms with Gasteiger partial charge in [0.2, 0.25) is 0 Å². The highest BCUT2D eigenvalue weighted by Crippen LogP contribution is 2.15. The molecule has 0 spiro atoms. The van der Waals surface area contributed by atoms with Crippen LogP contribution in [0.3, 0.4) is 0 Å². The van der Waals surface area contributed by atoms with Crippen LogP contribution in [0.15, 0.2) is 71.8 Å². The summed E-state index contributed by atoms with van der Waals surface area (Å²) in [6.45, 7) is 3.89. The highest BCUT2D eigenvalue weighted by molar-refractivity contribution is 6.30. The van der Waals surface area contributed by atoms with Crippen LogP contribution in [-0.2, 0) is 4.79 Å². The minimum absolute atomic E-state index is 0.124. The number of halogens is 1. The van der Waals surface area contributed by atoms with E-state index in [1.54, 1.807) is 48.5 Å². The summed E-state index contributed by atoms with van der Waals surface area (Å²) in [7, 11) is 0. The van der Waals surface area contributed by atoms with Crippen molar-refractivity contribution >= 4 is 35.3 Å². The molecule has 0 radical (unpaired) electrons. The van der Waals surface area contributed by atoms with Crippen LogP contribution in [0.4, 0.5) is 5.69 Å². The molecule has 0 aliphatic carbocycles. The molecule has 0 aliphatic heterocycles. The van der Waals surface area contributed by atoms with Gasteiger partial charge in [-0.05, 0) is 79.1 Å². The van der Waals surface area contributed by atoms with E-state index in [2.05, 4.69) is 15.8 Å². The average molecular weight is 436 g/mol. The molecule has 7 heteroatoms. The Hall–Kier alpha value is -3.64. The van der Waals surface area contributed by atoms with Gasteiger partial charge in [0.05, 0.1) is 6.21 Å². The maximum Gasteiger partial charge on any atom is 0.271 e. The number of benzene rings is 3. The van der Waals surface area contributed by atoms with Crippen LogP contribution in [0, 0.1) is 13.8 Å². The molecule has 0 atom stereocenters. The molecule has 6 nitrogen and oxygen atoms in total. The third-order valence-corrected chi connectivity index (χ3v) is 4.76. The molecule has 0 heterocycles. The SMILES string of the molecule is Cc1ccc(NC(=O)COc2cccc(/C=N/NC(=O)c3ccc(Cl)cc3)c2)cc1C. The Labute approximate surface area is 185 Å². The molecule has 0 saturated carbocycles. The van der Waals surface area contributed by atoms with Crippen molar-refractivity contribution in [2.45, 2.75) is 13.8 Å². The van der Waals surface area contributed by atoms with Crippen LogP contribution >= 0.6 is 11.6 Å². The van der Waals surface area contributed by atoms with Crippen molar-refractivity contribution in [2.24, 2.45) is 5.10 Å². The highest BCUT2D eigenvalue weighted by Gasteiger charge is 2.06. The van der Waals surface area contributed by atoms with Gasteiger partial charge in [-0.15, -0.1) is 0 Å². The number of carbonyl (C=O) groups excluding carboxylic acids is 2. The second-order valence-electron chi connectivity index (χ2n) is 6.91. The number of hydrogen-bond acceptors (Lipinski definition) is 4. The molecule has 0 saturated heterocycles. The summed E-state index contributed by atoms with van der Waals surface area (Å²) in [5, 5.41) is 7.33. The predicted molar refractivity (Wildman–Crippen MR) is 123 cm³/mol. The summed E-state index contributed by atoms with van der Waals surface area (Å²) in [5.41, 5.74) is 6.62. The van der Waals surface area contributed by atoms with Crippen LogP contribution in [0.2, 0.25) is 5.02 Å². The van der Waals surface area contributed by atoms with Crippen LogP contribution in [-0.4, -0.2) is 24.6 Å². The van der Waals surface area contributed by atoms with Gasteiger partial charge in [-0.3, -0.25) is 9.59 Å². The summed E-state index contributed by atoms with van der Waals surface area (Å²) in [5.74, 6) is -0.0795. The minimum atomic E-state index is -0.344. The molecule has 3 aromatic rings. The zero-order chi connectivity index (χ0) is 22.2. The van der Waals surface area contributed by atoms with Gasteiger partial charge in [-0.2, -0.15) is 5.10 Å². The predicted octanol–water partition coefficient (Wildman–Crippen LogP) is 4.74. The minimum Gasteiger partial charge on any atom is -0.484 e. The number of ether oxygens (including phenoxy) is 1. The number of amides is 2. The highest BCUT2D eigenvalue weighted by atomic mass is 35.5. The summed E-state index contributed by atoms with van der Waals surface area (Å²) >= 11 is 5.81. The van der Waals surface area contributed by atoms with Gasteiger partial charge >= 0.3 is 0 Å². The quantitative estimate of drug-likeness (QED) is 0.415. The molecule has 0 aromatic heterocycles. The van der Waals surface area contributed by atoms with Gasteiger partial charge < -0.3 is 10.1 Å². The fraction of sp³-hybridized carbons (Fsp3) is 0.125. The lowest BCUT2D eigenvalue weighted by Gasteiger charge is -2.09. The van der Waals surface area contributed by atoms with Gasteiger partial charge in [0.25, 0.3) is 11.8 Å². The molecule has 0 fully saturated rings. The Bertz CT molecular complexity index is 1110. The molecule has 3 rings (SSSR count). The lowest BCUT2D eigenvalue weighted by atomic mass is 10.1. The van der Waals surface area contributed by atoms with Crippen molar-refractivity contribution in [3.05, 3.63) is 94.0 Å². The zero-order valence-electron chi connectivity index (χ0n) is 17.2. The second-order valence-corrected chi connectivity index (χ2v) is 7.35. The van der Waals surface area contributed by atoms with Crippen molar-refractivity contribution in [2.75, 3.05) is 11.9 Å². The number of hydrazone groups is 1. The average Bonchev–Trinajstić information content (AvgIpc) is 2.75. The monoisotopic (exact) mass is 435 g/mol. The summed E-state index contributed by atoms with van der Waals surface area (Å²) < 4.78 is 5.57. The van der Waals surface area contributed by atoms with Gasteiger partial charge in [0, 0.05) is 16.3 Å². The summed E-state index contributed by atoms with van der Waals surface area (Å²) in [6, 6.07) is 19.3. The van der Waals surface area contributed by atoms with Crippen LogP contribution in [0.5, 0.6) is 5.75 Å². The fourth-order valence-electron chi connectivity index (χ4n) is 2.68. The number of rotatable bonds is 7. The second kappa shape index (κ2) is 10.4. The van der Waals surface area contributed by atoms with Crippen molar-refractivity contribution in [3.8, 4) is 5.75 Å². The van der Waals surface area contributed by atoms with E-state index in [1.807, 2.05) is 32.0 Å².